The summed E-state index contributed by atoms with van der Waals surface area (Å²) in [7, 11) is 1.54. The smallest absolute Gasteiger partial charge is 0.265 e. The first kappa shape index (κ1) is 16.2. The molecule has 2 aromatic carbocycles. The third-order valence-electron chi connectivity index (χ3n) is 3.09. The van der Waals surface area contributed by atoms with Gasteiger partial charge in [0.2, 0.25) is 0 Å². The molecule has 0 aliphatic carbocycles. The van der Waals surface area contributed by atoms with Gasteiger partial charge in [0.15, 0.2) is 6.10 Å². The molecule has 2 rings (SSSR count). The van der Waals surface area contributed by atoms with Crippen LogP contribution in [0.25, 0.3) is 0 Å². The molecule has 1 N–H and O–H groups in total. The molecule has 0 spiro atoms. The number of ether oxygens (including phenoxy) is 2. The summed E-state index contributed by atoms with van der Waals surface area (Å²) in [5, 5.41) is 3.20. The normalized spacial score (nSPS) is 11.6. The summed E-state index contributed by atoms with van der Waals surface area (Å²) in [6.45, 7) is 3.67. The Labute approximate surface area is 135 Å². The molecule has 0 aliphatic rings. The van der Waals surface area contributed by atoms with Crippen LogP contribution in [-0.4, -0.2) is 19.1 Å². The molecule has 0 radical (unpaired) electrons. The quantitative estimate of drug-likeness (QED) is 0.904. The van der Waals surface area contributed by atoms with Gasteiger partial charge in [-0.3, -0.25) is 4.79 Å². The van der Waals surface area contributed by atoms with Gasteiger partial charge in [-0.05, 0) is 49.7 Å². The predicted molar refractivity (Wildman–Crippen MR) is 87.9 cm³/mol. The van der Waals surface area contributed by atoms with E-state index in [0.717, 1.165) is 5.56 Å². The van der Waals surface area contributed by atoms with E-state index in [4.69, 9.17) is 21.1 Å². The first-order valence-electron chi connectivity index (χ1n) is 6.87. The highest BCUT2D eigenvalue weighted by Gasteiger charge is 2.15. The Bertz CT molecular complexity index is 673. The minimum atomic E-state index is -0.623. The maximum Gasteiger partial charge on any atom is 0.265 e. The zero-order valence-corrected chi connectivity index (χ0v) is 13.5. The summed E-state index contributed by atoms with van der Waals surface area (Å²) < 4.78 is 10.7. The summed E-state index contributed by atoms with van der Waals surface area (Å²) in [5.41, 5.74) is 1.67. The molecule has 0 saturated heterocycles. The molecule has 22 heavy (non-hydrogen) atoms. The lowest BCUT2D eigenvalue weighted by molar-refractivity contribution is -0.122. The molecule has 5 heteroatoms. The lowest BCUT2D eigenvalue weighted by Gasteiger charge is -2.15. The lowest BCUT2D eigenvalue weighted by Crippen LogP contribution is -2.30. The minimum Gasteiger partial charge on any atom is -0.495 e. The third-order valence-corrected chi connectivity index (χ3v) is 3.39. The van der Waals surface area contributed by atoms with E-state index < -0.39 is 6.10 Å². The molecule has 0 aliphatic heterocycles. The zero-order chi connectivity index (χ0) is 16.1. The van der Waals surface area contributed by atoms with Crippen molar-refractivity contribution in [3.63, 3.8) is 0 Å². The van der Waals surface area contributed by atoms with Crippen molar-refractivity contribution in [1.82, 2.24) is 0 Å². The molecule has 2 aromatic rings. The van der Waals surface area contributed by atoms with Gasteiger partial charge in [0, 0.05) is 5.69 Å². The fraction of sp³-hybridized carbons (Fsp3) is 0.235. The van der Waals surface area contributed by atoms with Crippen LogP contribution in [0.2, 0.25) is 5.02 Å². The van der Waals surface area contributed by atoms with Crippen LogP contribution >= 0.6 is 11.6 Å². The molecular weight excluding hydrogens is 302 g/mol. The number of aryl methyl sites for hydroxylation is 1. The number of hydrogen-bond donors (Lipinski definition) is 1. The Kier molecular flexibility index (Phi) is 5.28. The van der Waals surface area contributed by atoms with E-state index in [-0.39, 0.29) is 5.91 Å². The van der Waals surface area contributed by atoms with E-state index in [9.17, 15) is 4.79 Å². The summed E-state index contributed by atoms with van der Waals surface area (Å²) in [6, 6.07) is 12.6. The Balaban J connectivity index is 2.00. The van der Waals surface area contributed by atoms with Crippen molar-refractivity contribution < 1.29 is 14.3 Å². The molecule has 0 heterocycles. The highest BCUT2D eigenvalue weighted by atomic mass is 35.5. The number of anilines is 1. The second-order valence-corrected chi connectivity index (χ2v) is 5.32. The van der Waals surface area contributed by atoms with Crippen LogP contribution in [0.15, 0.2) is 42.5 Å². The number of carbonyl (C=O) groups excluding carboxylic acids is 1. The van der Waals surface area contributed by atoms with Gasteiger partial charge in [-0.2, -0.15) is 0 Å². The Morgan fingerprint density at radius 2 is 2.00 bits per heavy atom. The van der Waals surface area contributed by atoms with E-state index >= 15 is 0 Å². The maximum absolute atomic E-state index is 12.2. The van der Waals surface area contributed by atoms with E-state index in [0.29, 0.717) is 22.2 Å². The molecule has 0 saturated carbocycles. The number of amides is 1. The lowest BCUT2D eigenvalue weighted by atomic mass is 10.2. The zero-order valence-electron chi connectivity index (χ0n) is 12.7. The molecule has 116 valence electrons. The Hall–Kier alpha value is -2.20. The molecule has 1 amide bonds. The minimum absolute atomic E-state index is 0.247. The first-order chi connectivity index (χ1) is 10.5. The molecular formula is C17H18ClNO3. The van der Waals surface area contributed by atoms with Crippen molar-refractivity contribution in [3.8, 4) is 11.5 Å². The molecule has 0 bridgehead atoms. The second-order valence-electron chi connectivity index (χ2n) is 4.92. The largest absolute Gasteiger partial charge is 0.495 e. The Morgan fingerprint density at radius 1 is 1.23 bits per heavy atom. The number of carbonyl (C=O) groups is 1. The van der Waals surface area contributed by atoms with Gasteiger partial charge in [0.25, 0.3) is 5.91 Å². The number of rotatable bonds is 5. The molecule has 4 nitrogen and oxygen atoms in total. The third kappa shape index (κ3) is 4.15. The highest BCUT2D eigenvalue weighted by Crippen LogP contribution is 2.27. The van der Waals surface area contributed by atoms with Crippen molar-refractivity contribution in [1.29, 1.82) is 0 Å². The number of benzene rings is 2. The standard InChI is InChI=1S/C17H18ClNO3/c1-11-5-4-6-14(9-11)22-12(2)17(20)19-13-7-8-16(21-3)15(18)10-13/h4-10,12H,1-3H3,(H,19,20)/t12-/m1/s1. The number of nitrogens with one attached hydrogen (secondary N) is 1. The van der Waals surface area contributed by atoms with Crippen molar-refractivity contribution in [2.75, 3.05) is 12.4 Å². The van der Waals surface area contributed by atoms with Gasteiger partial charge in [0.1, 0.15) is 11.5 Å². The summed E-state index contributed by atoms with van der Waals surface area (Å²) in [6.07, 6.45) is -0.623. The van der Waals surface area contributed by atoms with Crippen molar-refractivity contribution in [2.24, 2.45) is 0 Å². The first-order valence-corrected chi connectivity index (χ1v) is 7.25. The maximum atomic E-state index is 12.2. The SMILES string of the molecule is COc1ccc(NC(=O)[C@@H](C)Oc2cccc(C)c2)cc1Cl. The molecule has 1 atom stereocenters. The number of halogens is 1. The van der Waals surface area contributed by atoms with Crippen LogP contribution in [-0.2, 0) is 4.79 Å². The summed E-state index contributed by atoms with van der Waals surface area (Å²) in [5.74, 6) is 0.974. The second kappa shape index (κ2) is 7.18. The van der Waals surface area contributed by atoms with Gasteiger partial charge >= 0.3 is 0 Å². The Morgan fingerprint density at radius 3 is 2.64 bits per heavy atom. The van der Waals surface area contributed by atoms with Crippen LogP contribution in [0, 0.1) is 6.92 Å². The molecule has 0 fully saturated rings. The molecule has 0 aromatic heterocycles. The van der Waals surface area contributed by atoms with E-state index in [2.05, 4.69) is 5.32 Å². The van der Waals surface area contributed by atoms with Crippen molar-refractivity contribution in [3.05, 3.63) is 53.1 Å². The van der Waals surface area contributed by atoms with Crippen LogP contribution in [0.3, 0.4) is 0 Å². The molecule has 0 unspecified atom stereocenters. The van der Waals surface area contributed by atoms with E-state index in [1.54, 1.807) is 25.1 Å². The van der Waals surface area contributed by atoms with Crippen LogP contribution < -0.4 is 14.8 Å². The van der Waals surface area contributed by atoms with Crippen LogP contribution in [0.5, 0.6) is 11.5 Å². The van der Waals surface area contributed by atoms with Gasteiger partial charge in [0.05, 0.1) is 12.1 Å². The predicted octanol–water partition coefficient (Wildman–Crippen LogP) is 4.06. The van der Waals surface area contributed by atoms with Gasteiger partial charge in [-0.25, -0.2) is 0 Å². The number of hydrogen-bond acceptors (Lipinski definition) is 3. The summed E-state index contributed by atoms with van der Waals surface area (Å²) >= 11 is 6.03. The fourth-order valence-corrected chi connectivity index (χ4v) is 2.19. The van der Waals surface area contributed by atoms with Crippen LogP contribution in [0.4, 0.5) is 5.69 Å². The van der Waals surface area contributed by atoms with E-state index in [1.165, 1.54) is 7.11 Å². The van der Waals surface area contributed by atoms with Gasteiger partial charge in [-0.15, -0.1) is 0 Å². The van der Waals surface area contributed by atoms with Gasteiger partial charge < -0.3 is 14.8 Å². The van der Waals surface area contributed by atoms with Crippen molar-refractivity contribution >= 4 is 23.2 Å². The number of methoxy groups -OCH3 is 1. The fourth-order valence-electron chi connectivity index (χ4n) is 1.93. The van der Waals surface area contributed by atoms with Crippen molar-refractivity contribution in [2.45, 2.75) is 20.0 Å². The monoisotopic (exact) mass is 319 g/mol. The average molecular weight is 320 g/mol. The average Bonchev–Trinajstić information content (AvgIpc) is 2.47. The van der Waals surface area contributed by atoms with E-state index in [1.807, 2.05) is 31.2 Å². The van der Waals surface area contributed by atoms with Crippen LogP contribution in [0.1, 0.15) is 12.5 Å². The topological polar surface area (TPSA) is 47.6 Å². The van der Waals surface area contributed by atoms with Gasteiger partial charge in [-0.1, -0.05) is 23.7 Å². The highest BCUT2D eigenvalue weighted by molar-refractivity contribution is 6.32. The summed E-state index contributed by atoms with van der Waals surface area (Å²) in [4.78, 5) is 12.2.